The van der Waals surface area contributed by atoms with E-state index in [1.807, 2.05) is 30.3 Å². The molecule has 0 bridgehead atoms. The van der Waals surface area contributed by atoms with Crippen LogP contribution in [0.1, 0.15) is 11.1 Å². The molecule has 2 rings (SSSR count). The third-order valence-corrected chi connectivity index (χ3v) is 2.23. The summed E-state index contributed by atoms with van der Waals surface area (Å²) in [4.78, 5) is 0. The van der Waals surface area contributed by atoms with Gasteiger partial charge in [-0.15, -0.1) is 0 Å². The van der Waals surface area contributed by atoms with Crippen LogP contribution in [0, 0.1) is 6.92 Å². The van der Waals surface area contributed by atoms with Crippen LogP contribution in [0.3, 0.4) is 0 Å². The largest absolute Gasteiger partial charge is 0.489 e. The van der Waals surface area contributed by atoms with Gasteiger partial charge in [0.25, 0.3) is 0 Å². The maximum atomic E-state index is 5.65. The van der Waals surface area contributed by atoms with Gasteiger partial charge in [-0.2, -0.15) is 0 Å². The van der Waals surface area contributed by atoms with Gasteiger partial charge in [-0.1, -0.05) is 48.0 Å². The predicted molar refractivity (Wildman–Crippen MR) is 62.0 cm³/mol. The SMILES string of the molecule is Cc1cccc(COc2ccccc2)c1. The van der Waals surface area contributed by atoms with E-state index in [2.05, 4.69) is 31.2 Å². The summed E-state index contributed by atoms with van der Waals surface area (Å²) in [6.07, 6.45) is 0. The molecule has 0 atom stereocenters. The molecule has 0 aliphatic carbocycles. The molecule has 2 aromatic carbocycles. The Balaban J connectivity index is 1.99. The van der Waals surface area contributed by atoms with Gasteiger partial charge in [-0.05, 0) is 24.6 Å². The van der Waals surface area contributed by atoms with Crippen molar-refractivity contribution in [2.75, 3.05) is 0 Å². The molecule has 1 heteroatoms. The zero-order valence-electron chi connectivity index (χ0n) is 8.81. The number of rotatable bonds is 3. The molecule has 0 N–H and O–H groups in total. The van der Waals surface area contributed by atoms with Gasteiger partial charge in [-0.3, -0.25) is 0 Å². The smallest absolute Gasteiger partial charge is 0.119 e. The lowest BCUT2D eigenvalue weighted by molar-refractivity contribution is 0.306. The second-order valence-corrected chi connectivity index (χ2v) is 3.59. The van der Waals surface area contributed by atoms with E-state index in [1.54, 1.807) is 0 Å². The highest BCUT2D eigenvalue weighted by molar-refractivity contribution is 5.24. The average molecular weight is 198 g/mol. The number of benzene rings is 2. The average Bonchev–Trinajstić information content (AvgIpc) is 2.28. The summed E-state index contributed by atoms with van der Waals surface area (Å²) in [5.41, 5.74) is 2.48. The Bertz CT molecular complexity index is 420. The predicted octanol–water partition coefficient (Wildman–Crippen LogP) is 3.57. The highest BCUT2D eigenvalue weighted by Crippen LogP contribution is 2.12. The van der Waals surface area contributed by atoms with Gasteiger partial charge in [0, 0.05) is 0 Å². The third kappa shape index (κ3) is 2.84. The highest BCUT2D eigenvalue weighted by Gasteiger charge is 1.94. The summed E-state index contributed by atoms with van der Waals surface area (Å²) in [6, 6.07) is 18.2. The summed E-state index contributed by atoms with van der Waals surface area (Å²) < 4.78 is 5.65. The molecule has 0 aliphatic rings. The lowest BCUT2D eigenvalue weighted by Gasteiger charge is -2.06. The van der Waals surface area contributed by atoms with Crippen molar-refractivity contribution in [2.45, 2.75) is 13.5 Å². The summed E-state index contributed by atoms with van der Waals surface area (Å²) in [7, 11) is 0. The molecule has 0 aromatic heterocycles. The van der Waals surface area contributed by atoms with Crippen molar-refractivity contribution in [3.05, 3.63) is 65.7 Å². The van der Waals surface area contributed by atoms with Gasteiger partial charge >= 0.3 is 0 Å². The van der Waals surface area contributed by atoms with Crippen LogP contribution in [0.2, 0.25) is 0 Å². The molecule has 0 unspecified atom stereocenters. The first-order chi connectivity index (χ1) is 7.34. The van der Waals surface area contributed by atoms with E-state index in [1.165, 1.54) is 11.1 Å². The molecule has 1 nitrogen and oxygen atoms in total. The van der Waals surface area contributed by atoms with E-state index in [0.717, 1.165) is 5.75 Å². The monoisotopic (exact) mass is 198 g/mol. The Kier molecular flexibility index (Phi) is 3.03. The van der Waals surface area contributed by atoms with Crippen molar-refractivity contribution in [1.29, 1.82) is 0 Å². The normalized spacial score (nSPS) is 9.93. The maximum absolute atomic E-state index is 5.65. The van der Waals surface area contributed by atoms with E-state index in [9.17, 15) is 0 Å². The Hall–Kier alpha value is -1.76. The number of ether oxygens (including phenoxy) is 1. The van der Waals surface area contributed by atoms with Gasteiger partial charge in [0.15, 0.2) is 0 Å². The van der Waals surface area contributed by atoms with Crippen LogP contribution < -0.4 is 4.74 Å². The van der Waals surface area contributed by atoms with Crippen molar-refractivity contribution in [1.82, 2.24) is 0 Å². The quantitative estimate of drug-likeness (QED) is 0.732. The van der Waals surface area contributed by atoms with E-state index in [4.69, 9.17) is 4.74 Å². The molecular weight excluding hydrogens is 184 g/mol. The number of hydrogen-bond donors (Lipinski definition) is 0. The van der Waals surface area contributed by atoms with Gasteiger partial charge in [0.05, 0.1) is 0 Å². The van der Waals surface area contributed by atoms with E-state index in [0.29, 0.717) is 6.61 Å². The van der Waals surface area contributed by atoms with Crippen molar-refractivity contribution in [2.24, 2.45) is 0 Å². The summed E-state index contributed by atoms with van der Waals surface area (Å²) in [6.45, 7) is 2.72. The minimum atomic E-state index is 0.631. The molecule has 0 saturated carbocycles. The van der Waals surface area contributed by atoms with Gasteiger partial charge in [0.2, 0.25) is 0 Å². The molecule has 0 spiro atoms. The van der Waals surface area contributed by atoms with Crippen molar-refractivity contribution in [3.63, 3.8) is 0 Å². The van der Waals surface area contributed by atoms with E-state index in [-0.39, 0.29) is 0 Å². The zero-order chi connectivity index (χ0) is 10.5. The summed E-state index contributed by atoms with van der Waals surface area (Å²) >= 11 is 0. The van der Waals surface area contributed by atoms with E-state index < -0.39 is 0 Å². The first-order valence-electron chi connectivity index (χ1n) is 5.08. The van der Waals surface area contributed by atoms with Gasteiger partial charge in [0.1, 0.15) is 12.4 Å². The van der Waals surface area contributed by atoms with Gasteiger partial charge in [-0.25, -0.2) is 0 Å². The first-order valence-corrected chi connectivity index (χ1v) is 5.08. The van der Waals surface area contributed by atoms with Gasteiger partial charge < -0.3 is 4.74 Å². The fourth-order valence-corrected chi connectivity index (χ4v) is 1.49. The number of para-hydroxylation sites is 1. The lowest BCUT2D eigenvalue weighted by Crippen LogP contribution is -1.95. The van der Waals surface area contributed by atoms with Crippen LogP contribution in [0.15, 0.2) is 54.6 Å². The zero-order valence-corrected chi connectivity index (χ0v) is 8.81. The molecule has 0 amide bonds. The fraction of sp³-hybridized carbons (Fsp3) is 0.143. The van der Waals surface area contributed by atoms with Crippen LogP contribution in [-0.4, -0.2) is 0 Å². The molecule has 76 valence electrons. The highest BCUT2D eigenvalue weighted by atomic mass is 16.5. The van der Waals surface area contributed by atoms with Crippen molar-refractivity contribution < 1.29 is 4.74 Å². The van der Waals surface area contributed by atoms with Crippen LogP contribution in [-0.2, 0) is 6.61 Å². The van der Waals surface area contributed by atoms with Crippen LogP contribution in [0.4, 0.5) is 0 Å². The summed E-state index contributed by atoms with van der Waals surface area (Å²) in [5.74, 6) is 0.916. The van der Waals surface area contributed by atoms with Crippen LogP contribution >= 0.6 is 0 Å². The Labute approximate surface area is 90.3 Å². The van der Waals surface area contributed by atoms with Crippen molar-refractivity contribution >= 4 is 0 Å². The van der Waals surface area contributed by atoms with Crippen molar-refractivity contribution in [3.8, 4) is 5.75 Å². The number of aryl methyl sites for hydroxylation is 1. The first kappa shape index (κ1) is 9.78. The van der Waals surface area contributed by atoms with Crippen LogP contribution in [0.25, 0.3) is 0 Å². The number of hydrogen-bond acceptors (Lipinski definition) is 1. The van der Waals surface area contributed by atoms with E-state index >= 15 is 0 Å². The second kappa shape index (κ2) is 4.65. The summed E-state index contributed by atoms with van der Waals surface area (Å²) in [5, 5.41) is 0. The third-order valence-electron chi connectivity index (χ3n) is 2.23. The molecule has 0 aliphatic heterocycles. The standard InChI is InChI=1S/C14H14O/c1-12-6-5-7-13(10-12)11-15-14-8-3-2-4-9-14/h2-10H,11H2,1H3. The molecule has 15 heavy (non-hydrogen) atoms. The second-order valence-electron chi connectivity index (χ2n) is 3.59. The molecule has 0 radical (unpaired) electrons. The molecule has 0 heterocycles. The molecular formula is C14H14O. The minimum Gasteiger partial charge on any atom is -0.489 e. The molecule has 0 fully saturated rings. The Morgan fingerprint density at radius 2 is 1.73 bits per heavy atom. The minimum absolute atomic E-state index is 0.631. The lowest BCUT2D eigenvalue weighted by atomic mass is 10.1. The fourth-order valence-electron chi connectivity index (χ4n) is 1.49. The topological polar surface area (TPSA) is 9.23 Å². The Morgan fingerprint density at radius 3 is 2.47 bits per heavy atom. The molecule has 0 saturated heterocycles. The molecule has 2 aromatic rings. The maximum Gasteiger partial charge on any atom is 0.119 e. The van der Waals surface area contributed by atoms with Crippen LogP contribution in [0.5, 0.6) is 5.75 Å². The Morgan fingerprint density at radius 1 is 0.933 bits per heavy atom.